The Bertz CT molecular complexity index is 596. The number of aromatic nitrogens is 2. The fourth-order valence-corrected chi connectivity index (χ4v) is 2.11. The van der Waals surface area contributed by atoms with Crippen LogP contribution < -0.4 is 10.1 Å². The lowest BCUT2D eigenvalue weighted by Crippen LogP contribution is -2.15. The second-order valence-electron chi connectivity index (χ2n) is 4.06. The normalized spacial score (nSPS) is 10.0. The summed E-state index contributed by atoms with van der Waals surface area (Å²) in [5, 5.41) is 11.2. The summed E-state index contributed by atoms with van der Waals surface area (Å²) in [6.07, 6.45) is 6.87. The molecular formula is C15H14BrN3O. The number of ether oxygens (including phenoxy) is 1. The Kier molecular flexibility index (Phi) is 5.54. The lowest BCUT2D eigenvalue weighted by molar-refractivity contribution is 0.364. The zero-order valence-corrected chi connectivity index (χ0v) is 12.4. The molecule has 2 aromatic rings. The molecule has 0 radical (unpaired) electrons. The van der Waals surface area contributed by atoms with E-state index in [9.17, 15) is 0 Å². The predicted octanol–water partition coefficient (Wildman–Crippen LogP) is 2.54. The maximum atomic E-state index is 5.52. The van der Waals surface area contributed by atoms with E-state index in [0.717, 1.165) is 21.5 Å². The van der Waals surface area contributed by atoms with Crippen molar-refractivity contribution in [3.63, 3.8) is 0 Å². The summed E-state index contributed by atoms with van der Waals surface area (Å²) in [5.74, 6) is 3.26. The maximum Gasteiger partial charge on any atom is 0.148 e. The zero-order valence-electron chi connectivity index (χ0n) is 10.8. The first-order valence-corrected chi connectivity index (χ1v) is 6.91. The number of benzene rings is 1. The molecule has 20 heavy (non-hydrogen) atoms. The second-order valence-corrected chi connectivity index (χ2v) is 4.98. The average Bonchev–Trinajstić information content (AvgIpc) is 2.47. The summed E-state index contributed by atoms with van der Waals surface area (Å²) < 4.78 is 6.52. The lowest BCUT2D eigenvalue weighted by atomic mass is 10.2. The summed E-state index contributed by atoms with van der Waals surface area (Å²) in [6.45, 7) is 1.57. The van der Waals surface area contributed by atoms with Crippen molar-refractivity contribution in [3.8, 4) is 18.1 Å². The average molecular weight is 332 g/mol. The number of rotatable bonds is 6. The van der Waals surface area contributed by atoms with Gasteiger partial charge in [-0.15, -0.1) is 6.42 Å². The molecule has 0 aliphatic carbocycles. The predicted molar refractivity (Wildman–Crippen MR) is 81.0 cm³/mol. The van der Waals surface area contributed by atoms with Crippen molar-refractivity contribution in [2.75, 3.05) is 6.61 Å². The number of hydrogen-bond acceptors (Lipinski definition) is 4. The van der Waals surface area contributed by atoms with Crippen molar-refractivity contribution in [2.24, 2.45) is 0 Å². The molecule has 0 saturated carbocycles. The van der Waals surface area contributed by atoms with Crippen LogP contribution in [0.15, 0.2) is 41.0 Å². The van der Waals surface area contributed by atoms with Crippen molar-refractivity contribution in [1.29, 1.82) is 0 Å². The Morgan fingerprint density at radius 2 is 2.20 bits per heavy atom. The lowest BCUT2D eigenvalue weighted by Gasteiger charge is -2.11. The van der Waals surface area contributed by atoms with Gasteiger partial charge in [0, 0.05) is 29.3 Å². The van der Waals surface area contributed by atoms with Crippen LogP contribution >= 0.6 is 15.9 Å². The van der Waals surface area contributed by atoms with E-state index >= 15 is 0 Å². The summed E-state index contributed by atoms with van der Waals surface area (Å²) in [5.41, 5.74) is 1.94. The first kappa shape index (κ1) is 14.5. The SMILES string of the molecule is C#CCOc1ccc(Br)cc1CNCc1cccnn1. The third-order valence-corrected chi connectivity index (χ3v) is 3.08. The maximum absolute atomic E-state index is 5.52. The number of terminal acetylenes is 1. The van der Waals surface area contributed by atoms with Crippen molar-refractivity contribution >= 4 is 15.9 Å². The van der Waals surface area contributed by atoms with Gasteiger partial charge < -0.3 is 10.1 Å². The molecule has 2 rings (SSSR count). The minimum absolute atomic E-state index is 0.263. The molecule has 1 heterocycles. The van der Waals surface area contributed by atoms with Gasteiger partial charge in [0.15, 0.2) is 0 Å². The molecule has 0 unspecified atom stereocenters. The zero-order chi connectivity index (χ0) is 14.2. The van der Waals surface area contributed by atoms with E-state index in [2.05, 4.69) is 37.4 Å². The molecule has 0 saturated heterocycles. The van der Waals surface area contributed by atoms with Gasteiger partial charge in [-0.2, -0.15) is 10.2 Å². The van der Waals surface area contributed by atoms with Gasteiger partial charge in [-0.05, 0) is 30.3 Å². The smallest absolute Gasteiger partial charge is 0.148 e. The van der Waals surface area contributed by atoms with Crippen LogP contribution in [-0.2, 0) is 13.1 Å². The molecule has 0 spiro atoms. The Morgan fingerprint density at radius 3 is 2.95 bits per heavy atom. The summed E-state index contributed by atoms with van der Waals surface area (Å²) in [4.78, 5) is 0. The number of hydrogen-bond donors (Lipinski definition) is 1. The molecular weight excluding hydrogens is 318 g/mol. The Morgan fingerprint density at radius 1 is 1.30 bits per heavy atom. The Hall–Kier alpha value is -1.90. The van der Waals surface area contributed by atoms with Crippen LogP contribution in [0, 0.1) is 12.3 Å². The second kappa shape index (κ2) is 7.63. The molecule has 102 valence electrons. The van der Waals surface area contributed by atoms with Crippen molar-refractivity contribution < 1.29 is 4.74 Å². The molecule has 0 bridgehead atoms. The first-order valence-electron chi connectivity index (χ1n) is 6.11. The molecule has 0 fully saturated rings. The van der Waals surface area contributed by atoms with E-state index in [1.165, 1.54) is 0 Å². The minimum Gasteiger partial charge on any atom is -0.481 e. The molecule has 0 aliphatic heterocycles. The molecule has 1 N–H and O–H groups in total. The van der Waals surface area contributed by atoms with E-state index in [4.69, 9.17) is 11.2 Å². The van der Waals surface area contributed by atoms with Crippen molar-refractivity contribution in [3.05, 3.63) is 52.3 Å². The first-order chi connectivity index (χ1) is 9.79. The van der Waals surface area contributed by atoms with Crippen molar-refractivity contribution in [2.45, 2.75) is 13.1 Å². The van der Waals surface area contributed by atoms with E-state index in [-0.39, 0.29) is 6.61 Å². The summed E-state index contributed by atoms with van der Waals surface area (Å²) in [7, 11) is 0. The largest absolute Gasteiger partial charge is 0.481 e. The van der Waals surface area contributed by atoms with E-state index in [0.29, 0.717) is 13.1 Å². The molecule has 0 atom stereocenters. The highest BCUT2D eigenvalue weighted by molar-refractivity contribution is 9.10. The summed E-state index contributed by atoms with van der Waals surface area (Å²) >= 11 is 3.46. The number of nitrogens with one attached hydrogen (secondary N) is 1. The third-order valence-electron chi connectivity index (χ3n) is 2.58. The Labute approximate surface area is 126 Å². The van der Waals surface area contributed by atoms with Crippen LogP contribution in [0.1, 0.15) is 11.3 Å². The van der Waals surface area contributed by atoms with E-state index in [1.807, 2.05) is 30.3 Å². The van der Waals surface area contributed by atoms with E-state index < -0.39 is 0 Å². The number of halogens is 1. The van der Waals surface area contributed by atoms with Gasteiger partial charge in [-0.25, -0.2) is 0 Å². The van der Waals surface area contributed by atoms with Gasteiger partial charge in [-0.3, -0.25) is 0 Å². The van der Waals surface area contributed by atoms with Gasteiger partial charge in [0.2, 0.25) is 0 Å². The van der Waals surface area contributed by atoms with E-state index in [1.54, 1.807) is 6.20 Å². The van der Waals surface area contributed by atoms with Gasteiger partial charge in [-0.1, -0.05) is 21.9 Å². The fraction of sp³-hybridized carbons (Fsp3) is 0.200. The molecule has 0 amide bonds. The van der Waals surface area contributed by atoms with Crippen LogP contribution in [0.2, 0.25) is 0 Å². The van der Waals surface area contributed by atoms with Gasteiger partial charge in [0.25, 0.3) is 0 Å². The Balaban J connectivity index is 1.97. The van der Waals surface area contributed by atoms with Crippen molar-refractivity contribution in [1.82, 2.24) is 15.5 Å². The van der Waals surface area contributed by atoms with Crippen LogP contribution in [0.5, 0.6) is 5.75 Å². The van der Waals surface area contributed by atoms with Crippen LogP contribution in [0.3, 0.4) is 0 Å². The van der Waals surface area contributed by atoms with Crippen LogP contribution in [-0.4, -0.2) is 16.8 Å². The molecule has 5 heteroatoms. The highest BCUT2D eigenvalue weighted by Crippen LogP contribution is 2.23. The monoisotopic (exact) mass is 331 g/mol. The van der Waals surface area contributed by atoms with Gasteiger partial charge in [0.1, 0.15) is 12.4 Å². The third kappa shape index (κ3) is 4.34. The molecule has 1 aromatic heterocycles. The standard InChI is InChI=1S/C15H14BrN3O/c1-2-8-20-15-6-5-13(16)9-12(15)10-17-11-14-4-3-7-18-19-14/h1,3-7,9,17H,8,10-11H2. The quantitative estimate of drug-likeness (QED) is 0.826. The van der Waals surface area contributed by atoms with Crippen LogP contribution in [0.25, 0.3) is 0 Å². The molecule has 0 aliphatic rings. The highest BCUT2D eigenvalue weighted by Gasteiger charge is 2.04. The highest BCUT2D eigenvalue weighted by atomic mass is 79.9. The summed E-state index contributed by atoms with van der Waals surface area (Å²) in [6, 6.07) is 9.63. The topological polar surface area (TPSA) is 47.0 Å². The molecule has 1 aromatic carbocycles. The minimum atomic E-state index is 0.263. The van der Waals surface area contributed by atoms with Crippen LogP contribution in [0.4, 0.5) is 0 Å². The van der Waals surface area contributed by atoms with Gasteiger partial charge >= 0.3 is 0 Å². The van der Waals surface area contributed by atoms with Gasteiger partial charge in [0.05, 0.1) is 5.69 Å². The number of nitrogens with zero attached hydrogens (tertiary/aromatic N) is 2. The molecule has 4 nitrogen and oxygen atoms in total. The fourth-order valence-electron chi connectivity index (χ4n) is 1.70.